The van der Waals surface area contributed by atoms with Crippen LogP contribution in [0.3, 0.4) is 0 Å². The molecule has 7 nitrogen and oxygen atoms in total. The molecule has 146 valence electrons. The van der Waals surface area contributed by atoms with Crippen LogP contribution in [0.1, 0.15) is 38.6 Å². The summed E-state index contributed by atoms with van der Waals surface area (Å²) in [5.74, 6) is 0.381. The number of piperidine rings is 1. The van der Waals surface area contributed by atoms with E-state index in [1.54, 1.807) is 12.1 Å². The van der Waals surface area contributed by atoms with E-state index in [2.05, 4.69) is 22.0 Å². The summed E-state index contributed by atoms with van der Waals surface area (Å²) in [4.78, 5) is 19.9. The van der Waals surface area contributed by atoms with E-state index in [1.807, 2.05) is 24.0 Å². The number of carboxylic acid groups (broad SMARTS) is 1. The zero-order valence-corrected chi connectivity index (χ0v) is 16.4. The number of rotatable bonds is 7. The van der Waals surface area contributed by atoms with Crippen molar-refractivity contribution in [3.63, 3.8) is 0 Å². The molecule has 1 saturated heterocycles. The molecule has 1 aliphatic rings. The Kier molecular flexibility index (Phi) is 6.46. The third-order valence-electron chi connectivity index (χ3n) is 5.21. The molecular formula is C19H25ClN4O3. The van der Waals surface area contributed by atoms with Gasteiger partial charge in [-0.15, -0.1) is 0 Å². The predicted molar refractivity (Wildman–Crippen MR) is 103 cm³/mol. The zero-order valence-electron chi connectivity index (χ0n) is 15.6. The molecular weight excluding hydrogens is 368 g/mol. The van der Waals surface area contributed by atoms with Crippen LogP contribution in [0.2, 0.25) is 5.02 Å². The first-order chi connectivity index (χ1) is 13.0. The standard InChI is InChI=1S/C19H25ClN4O3/c1-3-23(12-17(25)26)16-8-10-24(11-9-16)13(2)19-21-18(22-27-19)14-4-6-15(20)7-5-14/h4-7,13,16H,3,8-12H2,1-2H3,(H,25,26). The minimum absolute atomic E-state index is 0.0223. The molecule has 0 spiro atoms. The molecule has 1 fully saturated rings. The quantitative estimate of drug-likeness (QED) is 0.773. The van der Waals surface area contributed by atoms with Crippen molar-refractivity contribution in [2.75, 3.05) is 26.2 Å². The van der Waals surface area contributed by atoms with Crippen LogP contribution in [0.25, 0.3) is 11.4 Å². The maximum atomic E-state index is 11.0. The predicted octanol–water partition coefficient (Wildman–Crippen LogP) is 3.32. The number of hydrogen-bond donors (Lipinski definition) is 1. The van der Waals surface area contributed by atoms with Crippen LogP contribution < -0.4 is 0 Å². The number of aromatic nitrogens is 2. The van der Waals surface area contributed by atoms with Crippen LogP contribution in [-0.4, -0.2) is 63.2 Å². The minimum Gasteiger partial charge on any atom is -0.480 e. The molecule has 0 saturated carbocycles. The van der Waals surface area contributed by atoms with E-state index >= 15 is 0 Å². The van der Waals surface area contributed by atoms with Gasteiger partial charge < -0.3 is 9.63 Å². The number of likely N-dealkylation sites (N-methyl/N-ethyl adjacent to an activating group) is 1. The van der Waals surface area contributed by atoms with Crippen molar-refractivity contribution in [2.24, 2.45) is 0 Å². The Bertz CT molecular complexity index is 757. The van der Waals surface area contributed by atoms with Gasteiger partial charge in [-0.3, -0.25) is 14.6 Å². The Morgan fingerprint density at radius 1 is 1.37 bits per heavy atom. The smallest absolute Gasteiger partial charge is 0.317 e. The SMILES string of the molecule is CCN(CC(=O)O)C1CCN(C(C)c2nc(-c3ccc(Cl)cc3)no2)CC1. The Hall–Kier alpha value is -1.96. The Morgan fingerprint density at radius 2 is 2.04 bits per heavy atom. The third kappa shape index (κ3) is 4.86. The van der Waals surface area contributed by atoms with Gasteiger partial charge in [-0.25, -0.2) is 0 Å². The van der Waals surface area contributed by atoms with Crippen LogP contribution in [0.5, 0.6) is 0 Å². The number of aliphatic carboxylic acids is 1. The second kappa shape index (κ2) is 8.82. The van der Waals surface area contributed by atoms with E-state index in [0.717, 1.165) is 38.0 Å². The monoisotopic (exact) mass is 392 g/mol. The summed E-state index contributed by atoms with van der Waals surface area (Å²) >= 11 is 5.92. The number of hydrogen-bond acceptors (Lipinski definition) is 6. The Morgan fingerprint density at radius 3 is 2.63 bits per heavy atom. The van der Waals surface area contributed by atoms with E-state index in [1.165, 1.54) is 0 Å². The number of likely N-dealkylation sites (tertiary alicyclic amines) is 1. The molecule has 1 atom stereocenters. The highest BCUT2D eigenvalue weighted by molar-refractivity contribution is 6.30. The van der Waals surface area contributed by atoms with Gasteiger partial charge in [0.1, 0.15) is 0 Å². The first kappa shape index (κ1) is 19.8. The first-order valence-electron chi connectivity index (χ1n) is 9.27. The van der Waals surface area contributed by atoms with Crippen LogP contribution in [0.15, 0.2) is 28.8 Å². The van der Waals surface area contributed by atoms with Gasteiger partial charge in [0.15, 0.2) is 0 Å². The average molecular weight is 393 g/mol. The lowest BCUT2D eigenvalue weighted by atomic mass is 10.0. The minimum atomic E-state index is -0.770. The van der Waals surface area contributed by atoms with Gasteiger partial charge in [0, 0.05) is 29.7 Å². The second-order valence-electron chi connectivity index (χ2n) is 6.86. The summed E-state index contributed by atoms with van der Waals surface area (Å²) in [6.45, 7) is 6.68. The fourth-order valence-corrected chi connectivity index (χ4v) is 3.71. The summed E-state index contributed by atoms with van der Waals surface area (Å²) in [6.07, 6.45) is 1.87. The van der Waals surface area contributed by atoms with E-state index in [-0.39, 0.29) is 12.6 Å². The molecule has 2 aromatic rings. The summed E-state index contributed by atoms with van der Waals surface area (Å²) in [5.41, 5.74) is 0.868. The van der Waals surface area contributed by atoms with Crippen LogP contribution in [0.4, 0.5) is 0 Å². The molecule has 1 aromatic heterocycles. The van der Waals surface area contributed by atoms with Crippen LogP contribution in [-0.2, 0) is 4.79 Å². The van der Waals surface area contributed by atoms with E-state index in [9.17, 15) is 4.79 Å². The molecule has 0 aliphatic carbocycles. The van der Waals surface area contributed by atoms with Gasteiger partial charge in [0.25, 0.3) is 0 Å². The Balaban J connectivity index is 1.60. The summed E-state index contributed by atoms with van der Waals surface area (Å²) in [6, 6.07) is 7.68. The molecule has 1 unspecified atom stereocenters. The van der Waals surface area contributed by atoms with Crippen molar-refractivity contribution in [3.05, 3.63) is 35.2 Å². The summed E-state index contributed by atoms with van der Waals surface area (Å²) in [5, 5.41) is 13.8. The highest BCUT2D eigenvalue weighted by Crippen LogP contribution is 2.27. The number of halogens is 1. The molecule has 3 rings (SSSR count). The van der Waals surface area contributed by atoms with Crippen molar-refractivity contribution >= 4 is 17.6 Å². The highest BCUT2D eigenvalue weighted by Gasteiger charge is 2.29. The first-order valence-corrected chi connectivity index (χ1v) is 9.65. The fourth-order valence-electron chi connectivity index (χ4n) is 3.59. The lowest BCUT2D eigenvalue weighted by Gasteiger charge is -2.39. The molecule has 1 aromatic carbocycles. The van der Waals surface area contributed by atoms with E-state index in [0.29, 0.717) is 22.8 Å². The molecule has 0 amide bonds. The van der Waals surface area contributed by atoms with Gasteiger partial charge in [-0.1, -0.05) is 23.7 Å². The average Bonchev–Trinajstić information content (AvgIpc) is 3.16. The number of benzene rings is 1. The van der Waals surface area contributed by atoms with Crippen LogP contribution >= 0.6 is 11.6 Å². The molecule has 1 N–H and O–H groups in total. The van der Waals surface area contributed by atoms with Crippen molar-refractivity contribution < 1.29 is 14.4 Å². The zero-order chi connectivity index (χ0) is 19.4. The lowest BCUT2D eigenvalue weighted by Crippen LogP contribution is -2.47. The maximum Gasteiger partial charge on any atom is 0.317 e. The van der Waals surface area contributed by atoms with Crippen molar-refractivity contribution in [1.82, 2.24) is 19.9 Å². The van der Waals surface area contributed by atoms with Gasteiger partial charge in [0.2, 0.25) is 11.7 Å². The topological polar surface area (TPSA) is 82.7 Å². The summed E-state index contributed by atoms with van der Waals surface area (Å²) in [7, 11) is 0. The maximum absolute atomic E-state index is 11.0. The van der Waals surface area contributed by atoms with Gasteiger partial charge in [0.05, 0.1) is 12.6 Å². The molecule has 27 heavy (non-hydrogen) atoms. The number of carbonyl (C=O) groups is 1. The van der Waals surface area contributed by atoms with Crippen molar-refractivity contribution in [3.8, 4) is 11.4 Å². The number of nitrogens with zero attached hydrogens (tertiary/aromatic N) is 4. The van der Waals surface area contributed by atoms with Crippen molar-refractivity contribution in [1.29, 1.82) is 0 Å². The third-order valence-corrected chi connectivity index (χ3v) is 5.46. The molecule has 0 radical (unpaired) electrons. The molecule has 2 heterocycles. The molecule has 1 aliphatic heterocycles. The lowest BCUT2D eigenvalue weighted by molar-refractivity contribution is -0.139. The molecule has 0 bridgehead atoms. The van der Waals surface area contributed by atoms with E-state index in [4.69, 9.17) is 21.2 Å². The summed E-state index contributed by atoms with van der Waals surface area (Å²) < 4.78 is 5.49. The van der Waals surface area contributed by atoms with Gasteiger partial charge in [-0.05, 0) is 50.6 Å². The Labute approximate surface area is 163 Å². The van der Waals surface area contributed by atoms with Crippen LogP contribution in [0, 0.1) is 0 Å². The molecule has 8 heteroatoms. The van der Waals surface area contributed by atoms with Gasteiger partial charge in [-0.2, -0.15) is 4.98 Å². The van der Waals surface area contributed by atoms with E-state index < -0.39 is 5.97 Å². The largest absolute Gasteiger partial charge is 0.480 e. The highest BCUT2D eigenvalue weighted by atomic mass is 35.5. The number of carboxylic acids is 1. The van der Waals surface area contributed by atoms with Gasteiger partial charge >= 0.3 is 5.97 Å². The van der Waals surface area contributed by atoms with Crippen molar-refractivity contribution in [2.45, 2.75) is 38.8 Å². The fraction of sp³-hybridized carbons (Fsp3) is 0.526. The second-order valence-corrected chi connectivity index (χ2v) is 7.30. The normalized spacial score (nSPS) is 17.3.